The van der Waals surface area contributed by atoms with Crippen LogP contribution >= 0.6 is 11.8 Å². The Morgan fingerprint density at radius 1 is 0.860 bits per heavy atom. The van der Waals surface area contributed by atoms with E-state index < -0.39 is 0 Å². The van der Waals surface area contributed by atoms with Crippen molar-refractivity contribution in [3.63, 3.8) is 0 Å². The number of nitrogens with zero attached hydrogens (tertiary/aromatic N) is 1. The summed E-state index contributed by atoms with van der Waals surface area (Å²) in [4.78, 5) is 41.8. The Balaban J connectivity index is 1.44. The van der Waals surface area contributed by atoms with Gasteiger partial charge < -0.3 is 20.8 Å². The molecule has 0 unspecified atom stereocenters. The van der Waals surface area contributed by atoms with Crippen LogP contribution in [-0.4, -0.2) is 79.4 Å². The normalized spacial score (nSPS) is 21.3. The van der Waals surface area contributed by atoms with Crippen molar-refractivity contribution in [3.8, 4) is 0 Å². The monoisotopic (exact) mass is 624 g/mol. The highest BCUT2D eigenvalue weighted by Crippen LogP contribution is 2.33. The molecule has 2 heterocycles. The van der Waals surface area contributed by atoms with Crippen LogP contribution in [0.2, 0.25) is 0 Å². The molecule has 0 spiro atoms. The van der Waals surface area contributed by atoms with E-state index in [0.29, 0.717) is 49.8 Å². The van der Waals surface area contributed by atoms with Crippen molar-refractivity contribution in [2.75, 3.05) is 38.7 Å². The van der Waals surface area contributed by atoms with Gasteiger partial charge in [-0.05, 0) is 42.9 Å². The number of hydrogen-bond donors (Lipinski definition) is 5. The van der Waals surface area contributed by atoms with Gasteiger partial charge in [0, 0.05) is 68.1 Å². The first kappa shape index (κ1) is 37.3. The van der Waals surface area contributed by atoms with Gasteiger partial charge in [0.25, 0.3) is 5.91 Å². The summed E-state index contributed by atoms with van der Waals surface area (Å²) in [5, 5.41) is 20.6. The zero-order chi connectivity index (χ0) is 31.9. The summed E-state index contributed by atoms with van der Waals surface area (Å²) < 4.78 is 0. The molecule has 0 aromatic rings. The van der Waals surface area contributed by atoms with Crippen LogP contribution in [0.1, 0.15) is 106 Å². The first-order valence-electron chi connectivity index (χ1n) is 16.3. The van der Waals surface area contributed by atoms with E-state index in [9.17, 15) is 14.4 Å². The summed E-state index contributed by atoms with van der Waals surface area (Å²) in [6, 6.07) is 1.20. The lowest BCUT2D eigenvalue weighted by Crippen LogP contribution is -2.36. The van der Waals surface area contributed by atoms with E-state index in [-0.39, 0.29) is 41.1 Å². The van der Waals surface area contributed by atoms with Gasteiger partial charge in [0.05, 0.1) is 5.71 Å². The molecule has 2 fully saturated rings. The molecule has 0 bridgehead atoms. The van der Waals surface area contributed by atoms with Crippen LogP contribution in [0.4, 0.5) is 0 Å². The molecule has 2 rings (SSSR count). The van der Waals surface area contributed by atoms with Gasteiger partial charge in [-0.3, -0.25) is 25.0 Å². The zero-order valence-corrected chi connectivity index (χ0v) is 28.7. The van der Waals surface area contributed by atoms with Gasteiger partial charge in [-0.2, -0.15) is 11.8 Å². The summed E-state index contributed by atoms with van der Waals surface area (Å²) >= 11 is 2.05. The number of oxime groups is 1. The molecular weight excluding hydrogens is 564 g/mol. The number of nitrogens with one attached hydrogen (secondary N) is 5. The number of amides is 3. The summed E-state index contributed by atoms with van der Waals surface area (Å²) in [5.74, 6) is 1.24. The van der Waals surface area contributed by atoms with Crippen molar-refractivity contribution in [1.82, 2.24) is 26.6 Å². The lowest BCUT2D eigenvalue weighted by Gasteiger charge is -2.31. The molecule has 43 heavy (non-hydrogen) atoms. The van der Waals surface area contributed by atoms with Crippen molar-refractivity contribution in [3.05, 3.63) is 0 Å². The predicted molar refractivity (Wildman–Crippen MR) is 177 cm³/mol. The van der Waals surface area contributed by atoms with Crippen molar-refractivity contribution in [1.29, 1.82) is 0 Å². The number of rotatable bonds is 19. The molecule has 4 atom stereocenters. The molecule has 0 aliphatic carbocycles. The third-order valence-corrected chi connectivity index (χ3v) is 9.74. The number of fused-ring (bicyclic) bond motifs is 1. The number of carbonyl (C=O) groups excluding carboxylic acids is 3. The second kappa shape index (κ2) is 18.8. The number of carbonyl (C=O) groups is 3. The fourth-order valence-electron chi connectivity index (χ4n) is 5.28. The Morgan fingerprint density at radius 2 is 1.49 bits per heavy atom. The first-order chi connectivity index (χ1) is 20.3. The van der Waals surface area contributed by atoms with Crippen LogP contribution < -0.4 is 26.6 Å². The first-order valence-corrected chi connectivity index (χ1v) is 17.4. The van der Waals surface area contributed by atoms with Crippen molar-refractivity contribution in [2.45, 2.75) is 124 Å². The number of hydrogen-bond acceptors (Lipinski definition) is 8. The van der Waals surface area contributed by atoms with Gasteiger partial charge in [-0.1, -0.05) is 66.5 Å². The fraction of sp³-hybridized carbons (Fsp3) is 0.875. The van der Waals surface area contributed by atoms with Gasteiger partial charge >= 0.3 is 0 Å². The molecule has 0 aromatic carbocycles. The Morgan fingerprint density at radius 3 is 2.14 bits per heavy atom. The average Bonchev–Trinajstić information content (AvgIpc) is 3.53. The van der Waals surface area contributed by atoms with Gasteiger partial charge in [-0.25, -0.2) is 0 Å². The molecule has 2 aliphatic rings. The Labute approximate surface area is 264 Å². The quantitative estimate of drug-likeness (QED) is 0.0835. The minimum Gasteiger partial charge on any atom is -0.386 e. The Hall–Kier alpha value is -1.85. The van der Waals surface area contributed by atoms with Crippen LogP contribution in [0.15, 0.2) is 5.16 Å². The van der Waals surface area contributed by atoms with Crippen molar-refractivity contribution >= 4 is 35.2 Å². The highest BCUT2D eigenvalue weighted by molar-refractivity contribution is 8.00. The fourth-order valence-corrected chi connectivity index (χ4v) is 6.89. The minimum atomic E-state index is -0.261. The molecule has 0 radical (unpaired) electrons. The van der Waals surface area contributed by atoms with E-state index >= 15 is 0 Å². The van der Waals surface area contributed by atoms with Crippen LogP contribution in [-0.2, 0) is 19.2 Å². The van der Waals surface area contributed by atoms with E-state index in [4.69, 9.17) is 4.84 Å². The van der Waals surface area contributed by atoms with Gasteiger partial charge in [-0.15, -0.1) is 0 Å². The van der Waals surface area contributed by atoms with Crippen molar-refractivity contribution in [2.24, 2.45) is 21.9 Å². The molecule has 2 saturated heterocycles. The van der Waals surface area contributed by atoms with Crippen LogP contribution in [0, 0.1) is 16.7 Å². The molecule has 5 N–H and O–H groups in total. The molecule has 3 amide bonds. The summed E-state index contributed by atoms with van der Waals surface area (Å²) in [7, 11) is 0. The second-order valence-corrected chi connectivity index (χ2v) is 15.6. The lowest BCUT2D eigenvalue weighted by molar-refractivity contribution is -0.126. The summed E-state index contributed by atoms with van der Waals surface area (Å²) in [6.45, 7) is 17.3. The van der Waals surface area contributed by atoms with Crippen LogP contribution in [0.5, 0.6) is 0 Å². The summed E-state index contributed by atoms with van der Waals surface area (Å²) in [5.41, 5.74) is 1.08. The Kier molecular flexibility index (Phi) is 16.4. The smallest absolute Gasteiger partial charge is 0.260 e. The maximum Gasteiger partial charge on any atom is 0.260 e. The topological polar surface area (TPSA) is 133 Å². The molecular formula is C32H60N6O4S. The summed E-state index contributed by atoms with van der Waals surface area (Å²) in [6.07, 6.45) is 7.54. The largest absolute Gasteiger partial charge is 0.386 e. The lowest BCUT2D eigenvalue weighted by atomic mass is 9.75. The highest BCUT2D eigenvalue weighted by atomic mass is 32.2. The zero-order valence-electron chi connectivity index (χ0n) is 27.9. The number of thioether (sulfide) groups is 1. The van der Waals surface area contributed by atoms with E-state index in [1.807, 2.05) is 11.8 Å². The molecule has 0 aromatic heterocycles. The standard InChI is InChI=1S/C32H60N6O4S/c1-23(32(5,6)7)24(19-31(2,3)4)38-42-20-29(41)35-18-17-34-28(40)14-9-8-12-16-33-27(39)15-11-10-13-26-30-25(21-43-26)36-22-37-30/h23,25-26,30,36-37H,8-22H2,1-7H3,(H,33,39)(H,34,40)(H,35,41)/b38-24-/t23-,25-,26-,30-/m0/s1. The maximum atomic E-state index is 12.2. The van der Waals surface area contributed by atoms with Gasteiger partial charge in [0.1, 0.15) is 0 Å². The van der Waals surface area contributed by atoms with E-state index in [1.54, 1.807) is 0 Å². The second-order valence-electron chi connectivity index (χ2n) is 14.4. The predicted octanol–water partition coefficient (Wildman–Crippen LogP) is 3.95. The van der Waals surface area contributed by atoms with E-state index in [2.05, 4.69) is 80.2 Å². The van der Waals surface area contributed by atoms with Crippen LogP contribution in [0.3, 0.4) is 0 Å². The van der Waals surface area contributed by atoms with Gasteiger partial charge in [0.2, 0.25) is 11.8 Å². The maximum absolute atomic E-state index is 12.2. The third-order valence-electron chi connectivity index (χ3n) is 8.23. The van der Waals surface area contributed by atoms with E-state index in [1.165, 1.54) is 12.2 Å². The molecule has 10 nitrogen and oxygen atoms in total. The Bertz CT molecular complexity index is 901. The molecule has 11 heteroatoms. The third kappa shape index (κ3) is 15.6. The molecule has 2 aliphatic heterocycles. The van der Waals surface area contributed by atoms with Crippen molar-refractivity contribution < 1.29 is 19.2 Å². The molecule has 248 valence electrons. The number of unbranched alkanes of at least 4 members (excludes halogenated alkanes) is 3. The SMILES string of the molecule is C[C@@H](/C(CC(C)(C)C)=N\OCC(=O)NCCNC(=O)CCCCCNC(=O)CCCC[C@@H]1SC[C@@H]2NCN[C@@H]21)C(C)(C)C. The highest BCUT2D eigenvalue weighted by Gasteiger charge is 2.38. The average molecular weight is 625 g/mol. The van der Waals surface area contributed by atoms with E-state index in [0.717, 1.165) is 50.9 Å². The minimum absolute atomic E-state index is 0.0301. The van der Waals surface area contributed by atoms with Crippen LogP contribution in [0.25, 0.3) is 0 Å². The van der Waals surface area contributed by atoms with Gasteiger partial charge in [0.15, 0.2) is 6.61 Å². The molecule has 0 saturated carbocycles.